The highest BCUT2D eigenvalue weighted by Gasteiger charge is 1.99. The number of nitrogens with zero attached hydrogens (tertiary/aromatic N) is 3. The molecular weight excluding hydrogens is 220 g/mol. The Hall–Kier alpha value is -1.60. The predicted octanol–water partition coefficient (Wildman–Crippen LogP) is 0.0779. The second kappa shape index (κ2) is 7.64. The third-order valence-corrected chi connectivity index (χ3v) is 2.02. The summed E-state index contributed by atoms with van der Waals surface area (Å²) in [4.78, 5) is 4.26. The Labute approximate surface area is 101 Å². The molecule has 1 rings (SSSR count). The lowest BCUT2D eigenvalue weighted by Crippen LogP contribution is -2.36. The number of aryl methyl sites for hydroxylation is 1. The molecule has 0 saturated carbocycles. The van der Waals surface area contributed by atoms with Gasteiger partial charge in [0, 0.05) is 39.1 Å². The molecule has 0 amide bonds. The maximum absolute atomic E-state index is 5.36. The summed E-state index contributed by atoms with van der Waals surface area (Å²) >= 11 is 0. The highest BCUT2D eigenvalue weighted by atomic mass is 16.5. The summed E-state index contributed by atoms with van der Waals surface area (Å²) in [6, 6.07) is 1.84. The monoisotopic (exact) mass is 240 g/mol. The van der Waals surface area contributed by atoms with Gasteiger partial charge in [0.05, 0.1) is 0 Å². The molecule has 0 unspecified atom stereocenters. The van der Waals surface area contributed by atoms with Crippen molar-refractivity contribution in [2.24, 2.45) is 17.9 Å². The molecule has 0 aromatic carbocycles. The van der Waals surface area contributed by atoms with E-state index < -0.39 is 0 Å². The highest BCUT2D eigenvalue weighted by molar-refractivity contribution is 5.92. The normalized spacial score (nSPS) is 11.6. The van der Waals surface area contributed by atoms with Gasteiger partial charge in [0.15, 0.2) is 5.82 Å². The van der Waals surface area contributed by atoms with Gasteiger partial charge in [-0.05, 0) is 13.3 Å². The summed E-state index contributed by atoms with van der Waals surface area (Å²) in [6.45, 7) is 4.07. The van der Waals surface area contributed by atoms with Gasteiger partial charge in [0.25, 0.3) is 0 Å². The number of nitrogens with two attached hydrogens (primary N) is 1. The molecule has 0 saturated heterocycles. The molecule has 0 bridgehead atoms. The SMILES string of the molecule is CCOCCCN=C(NN)Nc1ccn(C)n1. The molecule has 1 aromatic heterocycles. The van der Waals surface area contributed by atoms with Crippen molar-refractivity contribution >= 4 is 11.8 Å². The van der Waals surface area contributed by atoms with Crippen molar-refractivity contribution in [3.63, 3.8) is 0 Å². The van der Waals surface area contributed by atoms with Crippen LogP contribution in [0.5, 0.6) is 0 Å². The Morgan fingerprint density at radius 3 is 3.06 bits per heavy atom. The maximum Gasteiger partial charge on any atom is 0.211 e. The topological polar surface area (TPSA) is 89.5 Å². The number of guanidine groups is 1. The van der Waals surface area contributed by atoms with Crippen molar-refractivity contribution < 1.29 is 4.74 Å². The third kappa shape index (κ3) is 5.32. The van der Waals surface area contributed by atoms with E-state index in [1.54, 1.807) is 4.68 Å². The van der Waals surface area contributed by atoms with Crippen molar-refractivity contribution in [2.75, 3.05) is 25.1 Å². The number of ether oxygens (including phenoxy) is 1. The van der Waals surface area contributed by atoms with E-state index in [4.69, 9.17) is 10.6 Å². The van der Waals surface area contributed by atoms with Crippen LogP contribution in [-0.2, 0) is 11.8 Å². The molecule has 7 nitrogen and oxygen atoms in total. The number of hydrogen-bond acceptors (Lipinski definition) is 4. The number of aliphatic imine (C=N–C) groups is 1. The third-order valence-electron chi connectivity index (χ3n) is 2.02. The Kier molecular flexibility index (Phi) is 6.05. The van der Waals surface area contributed by atoms with E-state index in [0.717, 1.165) is 13.0 Å². The van der Waals surface area contributed by atoms with Gasteiger partial charge < -0.3 is 10.1 Å². The summed E-state index contributed by atoms with van der Waals surface area (Å²) in [5.41, 5.74) is 2.50. The fraction of sp³-hybridized carbons (Fsp3) is 0.600. The average Bonchev–Trinajstić information content (AvgIpc) is 2.73. The Bertz CT molecular complexity index is 348. The summed E-state index contributed by atoms with van der Waals surface area (Å²) in [7, 11) is 1.85. The lowest BCUT2D eigenvalue weighted by atomic mass is 10.4. The number of hydrazine groups is 1. The number of rotatable bonds is 6. The van der Waals surface area contributed by atoms with Gasteiger partial charge in [-0.2, -0.15) is 5.10 Å². The second-order valence-corrected chi connectivity index (χ2v) is 3.42. The van der Waals surface area contributed by atoms with Gasteiger partial charge in [-0.3, -0.25) is 15.1 Å². The van der Waals surface area contributed by atoms with Crippen molar-refractivity contribution in [1.29, 1.82) is 0 Å². The van der Waals surface area contributed by atoms with E-state index in [2.05, 4.69) is 20.8 Å². The van der Waals surface area contributed by atoms with Crippen LogP contribution in [0.4, 0.5) is 5.82 Å². The molecule has 17 heavy (non-hydrogen) atoms. The first-order valence-electron chi connectivity index (χ1n) is 5.61. The average molecular weight is 240 g/mol. The van der Waals surface area contributed by atoms with Gasteiger partial charge >= 0.3 is 0 Å². The van der Waals surface area contributed by atoms with E-state index in [0.29, 0.717) is 24.9 Å². The quantitative estimate of drug-likeness (QED) is 0.215. The summed E-state index contributed by atoms with van der Waals surface area (Å²) in [6.07, 6.45) is 2.70. The van der Waals surface area contributed by atoms with E-state index in [1.165, 1.54) is 0 Å². The molecule has 1 aromatic rings. The zero-order valence-electron chi connectivity index (χ0n) is 10.3. The van der Waals surface area contributed by atoms with Gasteiger partial charge in [0.1, 0.15) is 0 Å². The van der Waals surface area contributed by atoms with Crippen molar-refractivity contribution in [1.82, 2.24) is 15.2 Å². The standard InChI is InChI=1S/C10H20N6O/c1-3-17-8-4-6-12-10(14-11)13-9-5-7-16(2)15-9/h5,7H,3-4,6,8,11H2,1-2H3,(H2,12,13,14,15). The van der Waals surface area contributed by atoms with Crippen LogP contribution < -0.4 is 16.6 Å². The van der Waals surface area contributed by atoms with E-state index in [-0.39, 0.29) is 0 Å². The van der Waals surface area contributed by atoms with E-state index >= 15 is 0 Å². The molecule has 0 aliphatic rings. The number of anilines is 1. The molecule has 4 N–H and O–H groups in total. The van der Waals surface area contributed by atoms with Crippen molar-refractivity contribution in [3.05, 3.63) is 12.3 Å². The minimum Gasteiger partial charge on any atom is -0.382 e. The minimum atomic E-state index is 0.500. The van der Waals surface area contributed by atoms with Gasteiger partial charge in [0.2, 0.25) is 5.96 Å². The minimum absolute atomic E-state index is 0.500. The van der Waals surface area contributed by atoms with Crippen molar-refractivity contribution in [2.45, 2.75) is 13.3 Å². The number of aromatic nitrogens is 2. The van der Waals surface area contributed by atoms with Crippen LogP contribution in [-0.4, -0.2) is 35.5 Å². The molecule has 0 atom stereocenters. The lowest BCUT2D eigenvalue weighted by molar-refractivity contribution is 0.146. The summed E-state index contributed by atoms with van der Waals surface area (Å²) < 4.78 is 6.91. The molecule has 0 radical (unpaired) electrons. The predicted molar refractivity (Wildman–Crippen MR) is 67.6 cm³/mol. The fourth-order valence-corrected chi connectivity index (χ4v) is 1.23. The molecular formula is C10H20N6O. The molecule has 7 heteroatoms. The summed E-state index contributed by atoms with van der Waals surface area (Å²) in [5, 5.41) is 7.14. The van der Waals surface area contributed by atoms with Crippen LogP contribution in [0, 0.1) is 0 Å². The van der Waals surface area contributed by atoms with Crippen LogP contribution in [0.2, 0.25) is 0 Å². The van der Waals surface area contributed by atoms with Crippen LogP contribution in [0.3, 0.4) is 0 Å². The fourth-order valence-electron chi connectivity index (χ4n) is 1.23. The molecule has 1 heterocycles. The molecule has 0 fully saturated rings. The maximum atomic E-state index is 5.36. The van der Waals surface area contributed by atoms with Crippen LogP contribution in [0.15, 0.2) is 17.3 Å². The first kappa shape index (κ1) is 13.5. The first-order chi connectivity index (χ1) is 8.26. The molecule has 0 spiro atoms. The van der Waals surface area contributed by atoms with Crippen LogP contribution in [0.25, 0.3) is 0 Å². The smallest absolute Gasteiger partial charge is 0.211 e. The molecule has 0 aliphatic carbocycles. The van der Waals surface area contributed by atoms with Gasteiger partial charge in [-0.1, -0.05) is 0 Å². The number of hydrogen-bond donors (Lipinski definition) is 3. The zero-order valence-corrected chi connectivity index (χ0v) is 10.3. The van der Waals surface area contributed by atoms with Crippen LogP contribution >= 0.6 is 0 Å². The van der Waals surface area contributed by atoms with E-state index in [9.17, 15) is 0 Å². The van der Waals surface area contributed by atoms with Crippen LogP contribution in [0.1, 0.15) is 13.3 Å². The lowest BCUT2D eigenvalue weighted by Gasteiger charge is -2.06. The Morgan fingerprint density at radius 2 is 2.47 bits per heavy atom. The summed E-state index contributed by atoms with van der Waals surface area (Å²) in [5.74, 6) is 6.56. The van der Waals surface area contributed by atoms with Gasteiger partial charge in [-0.25, -0.2) is 5.84 Å². The largest absolute Gasteiger partial charge is 0.382 e. The van der Waals surface area contributed by atoms with Gasteiger partial charge in [-0.15, -0.1) is 0 Å². The molecule has 96 valence electrons. The highest BCUT2D eigenvalue weighted by Crippen LogP contribution is 2.00. The second-order valence-electron chi connectivity index (χ2n) is 3.42. The number of nitrogens with one attached hydrogen (secondary N) is 2. The van der Waals surface area contributed by atoms with E-state index in [1.807, 2.05) is 26.2 Å². The zero-order chi connectivity index (χ0) is 12.5. The first-order valence-corrected chi connectivity index (χ1v) is 5.61. The van der Waals surface area contributed by atoms with Crippen molar-refractivity contribution in [3.8, 4) is 0 Å². The molecule has 0 aliphatic heterocycles. The Morgan fingerprint density at radius 1 is 1.65 bits per heavy atom. The Balaban J connectivity index is 2.34.